The molecular weight excluding hydrogens is 386 g/mol. The number of benzene rings is 2. The van der Waals surface area contributed by atoms with Crippen molar-refractivity contribution in [2.75, 3.05) is 0 Å². The maximum atomic E-state index is 13.6. The van der Waals surface area contributed by atoms with Gasteiger partial charge in [0.15, 0.2) is 0 Å². The second-order valence-corrected chi connectivity index (χ2v) is 5.72. The molecule has 0 aliphatic rings. The first-order chi connectivity index (χ1) is 11.3. The number of hydrogen-bond acceptors (Lipinski definition) is 3. The van der Waals surface area contributed by atoms with Crippen LogP contribution in [0.3, 0.4) is 0 Å². The molecule has 2 aromatic carbocycles. The van der Waals surface area contributed by atoms with Crippen LogP contribution in [0.1, 0.15) is 22.8 Å². The van der Waals surface area contributed by atoms with Gasteiger partial charge < -0.3 is 9.84 Å². The number of hydrogen-bond donors (Lipinski definition) is 1. The van der Waals surface area contributed by atoms with Crippen molar-refractivity contribution in [3.8, 4) is 5.75 Å². The summed E-state index contributed by atoms with van der Waals surface area (Å²) in [6.07, 6.45) is 1.29. The van der Waals surface area contributed by atoms with Gasteiger partial charge in [-0.15, -0.1) is 0 Å². The first-order valence-electron chi connectivity index (χ1n) is 6.67. The highest BCUT2D eigenvalue weighted by Crippen LogP contribution is 2.27. The summed E-state index contributed by atoms with van der Waals surface area (Å²) >= 11 is 3.22. The van der Waals surface area contributed by atoms with E-state index in [1.807, 2.05) is 0 Å². The van der Waals surface area contributed by atoms with Crippen molar-refractivity contribution in [2.45, 2.75) is 6.92 Å². The maximum absolute atomic E-state index is 13.6. The van der Waals surface area contributed by atoms with Crippen LogP contribution in [0.4, 0.5) is 8.78 Å². The highest BCUT2D eigenvalue weighted by Gasteiger charge is 2.20. The van der Waals surface area contributed by atoms with E-state index in [0.29, 0.717) is 4.47 Å². The molecule has 0 radical (unpaired) electrons. The van der Waals surface area contributed by atoms with Crippen molar-refractivity contribution in [1.82, 2.24) is 0 Å². The zero-order chi connectivity index (χ0) is 17.9. The fourth-order valence-electron chi connectivity index (χ4n) is 1.86. The molecule has 0 bridgehead atoms. The molecule has 4 nitrogen and oxygen atoms in total. The molecule has 1 N–H and O–H groups in total. The average molecular weight is 397 g/mol. The van der Waals surface area contributed by atoms with E-state index in [1.165, 1.54) is 25.1 Å². The Morgan fingerprint density at radius 1 is 1.17 bits per heavy atom. The molecule has 7 heteroatoms. The summed E-state index contributed by atoms with van der Waals surface area (Å²) in [7, 11) is 0. The lowest BCUT2D eigenvalue weighted by Gasteiger charge is -2.10. The van der Waals surface area contributed by atoms with Crippen molar-refractivity contribution >= 4 is 33.9 Å². The smallest absolute Gasteiger partial charge is 0.349 e. The van der Waals surface area contributed by atoms with Gasteiger partial charge in [0.25, 0.3) is 0 Å². The van der Waals surface area contributed by atoms with Crippen LogP contribution in [-0.2, 0) is 4.79 Å². The number of carbonyl (C=O) groups excluding carboxylic acids is 1. The Labute approximate surface area is 144 Å². The zero-order valence-electron chi connectivity index (χ0n) is 12.3. The Hall–Kier alpha value is -2.54. The van der Waals surface area contributed by atoms with Gasteiger partial charge in [-0.3, -0.25) is 0 Å². The summed E-state index contributed by atoms with van der Waals surface area (Å²) < 4.78 is 33.0. The van der Waals surface area contributed by atoms with Gasteiger partial charge in [0.1, 0.15) is 22.9 Å². The number of rotatable bonds is 4. The standard InChI is InChI=1S/C17H11BrF2O4/c1-9(16(21)22)7-10-8-11(18)5-6-14(10)24-17(23)15-12(19)3-2-4-13(15)20/h2-8H,1H3,(H,21,22)/b9-7+. The zero-order valence-corrected chi connectivity index (χ0v) is 13.9. The van der Waals surface area contributed by atoms with Gasteiger partial charge in [-0.25, -0.2) is 18.4 Å². The Balaban J connectivity index is 2.41. The minimum Gasteiger partial charge on any atom is -0.478 e. The number of halogens is 3. The van der Waals surface area contributed by atoms with E-state index in [0.717, 1.165) is 18.2 Å². The van der Waals surface area contributed by atoms with Crippen molar-refractivity contribution < 1.29 is 28.2 Å². The molecule has 0 aromatic heterocycles. The number of esters is 1. The van der Waals surface area contributed by atoms with E-state index in [-0.39, 0.29) is 16.9 Å². The van der Waals surface area contributed by atoms with E-state index in [1.54, 1.807) is 6.07 Å². The lowest BCUT2D eigenvalue weighted by atomic mass is 10.1. The summed E-state index contributed by atoms with van der Waals surface area (Å²) in [5.74, 6) is -4.47. The molecule has 0 spiro atoms. The summed E-state index contributed by atoms with van der Waals surface area (Å²) in [5.41, 5.74) is -0.540. The Bertz CT molecular complexity index is 826. The van der Waals surface area contributed by atoms with E-state index < -0.39 is 29.1 Å². The summed E-state index contributed by atoms with van der Waals surface area (Å²) in [4.78, 5) is 23.0. The number of ether oxygens (including phenoxy) is 1. The van der Waals surface area contributed by atoms with Gasteiger partial charge in [0, 0.05) is 15.6 Å². The lowest BCUT2D eigenvalue weighted by molar-refractivity contribution is -0.132. The number of carboxylic acids is 1. The molecule has 0 atom stereocenters. The van der Waals surface area contributed by atoms with Gasteiger partial charge in [0.2, 0.25) is 0 Å². The maximum Gasteiger partial charge on any atom is 0.349 e. The van der Waals surface area contributed by atoms with Crippen LogP contribution in [0, 0.1) is 11.6 Å². The molecule has 0 unspecified atom stereocenters. The topological polar surface area (TPSA) is 63.6 Å². The molecule has 2 aromatic rings. The van der Waals surface area contributed by atoms with E-state index >= 15 is 0 Å². The number of carboxylic acid groups (broad SMARTS) is 1. The molecular formula is C17H11BrF2O4. The van der Waals surface area contributed by atoms with E-state index in [2.05, 4.69) is 15.9 Å². The third kappa shape index (κ3) is 4.05. The predicted octanol–water partition coefficient (Wildman–Crippen LogP) is 4.43. The van der Waals surface area contributed by atoms with Crippen LogP contribution >= 0.6 is 15.9 Å². The molecule has 2 rings (SSSR count). The van der Waals surface area contributed by atoms with Gasteiger partial charge in [0.05, 0.1) is 0 Å². The van der Waals surface area contributed by atoms with Crippen LogP contribution in [-0.4, -0.2) is 17.0 Å². The van der Waals surface area contributed by atoms with Crippen LogP contribution in [0.5, 0.6) is 5.75 Å². The predicted molar refractivity (Wildman–Crippen MR) is 86.7 cm³/mol. The van der Waals surface area contributed by atoms with Crippen LogP contribution in [0.2, 0.25) is 0 Å². The van der Waals surface area contributed by atoms with Crippen molar-refractivity contribution in [2.24, 2.45) is 0 Å². The van der Waals surface area contributed by atoms with Gasteiger partial charge >= 0.3 is 11.9 Å². The monoisotopic (exact) mass is 396 g/mol. The van der Waals surface area contributed by atoms with Crippen LogP contribution < -0.4 is 4.74 Å². The van der Waals surface area contributed by atoms with Gasteiger partial charge in [-0.1, -0.05) is 22.0 Å². The quantitative estimate of drug-likeness (QED) is 0.471. The van der Waals surface area contributed by atoms with Crippen molar-refractivity contribution in [3.63, 3.8) is 0 Å². The van der Waals surface area contributed by atoms with Gasteiger partial charge in [-0.05, 0) is 43.3 Å². The Kier molecular flexibility index (Phi) is 5.46. The highest BCUT2D eigenvalue weighted by molar-refractivity contribution is 9.10. The number of aliphatic carboxylic acids is 1. The minimum absolute atomic E-state index is 0.00229. The van der Waals surface area contributed by atoms with Crippen LogP contribution in [0.25, 0.3) is 6.08 Å². The molecule has 0 saturated carbocycles. The number of carbonyl (C=O) groups is 2. The fourth-order valence-corrected chi connectivity index (χ4v) is 2.24. The first kappa shape index (κ1) is 17.8. The SMILES string of the molecule is C/C(=C\c1cc(Br)ccc1OC(=O)c1c(F)cccc1F)C(=O)O. The molecule has 0 saturated heterocycles. The molecule has 24 heavy (non-hydrogen) atoms. The normalized spacial score (nSPS) is 11.2. The summed E-state index contributed by atoms with van der Waals surface area (Å²) in [6, 6.07) is 7.47. The molecule has 0 fully saturated rings. The lowest BCUT2D eigenvalue weighted by Crippen LogP contribution is -2.13. The third-order valence-corrected chi connectivity index (χ3v) is 3.54. The first-order valence-corrected chi connectivity index (χ1v) is 7.46. The Morgan fingerprint density at radius 2 is 1.79 bits per heavy atom. The average Bonchev–Trinajstić information content (AvgIpc) is 2.49. The minimum atomic E-state index is -1.21. The fraction of sp³-hybridized carbons (Fsp3) is 0.0588. The van der Waals surface area contributed by atoms with E-state index in [4.69, 9.17) is 9.84 Å². The molecule has 0 aliphatic heterocycles. The molecule has 0 amide bonds. The largest absolute Gasteiger partial charge is 0.478 e. The van der Waals surface area contributed by atoms with Crippen molar-refractivity contribution in [3.05, 3.63) is 69.2 Å². The second-order valence-electron chi connectivity index (χ2n) is 4.80. The van der Waals surface area contributed by atoms with Crippen LogP contribution in [0.15, 0.2) is 46.4 Å². The highest BCUT2D eigenvalue weighted by atomic mass is 79.9. The van der Waals surface area contributed by atoms with Gasteiger partial charge in [-0.2, -0.15) is 0 Å². The Morgan fingerprint density at radius 3 is 2.38 bits per heavy atom. The third-order valence-electron chi connectivity index (χ3n) is 3.05. The molecule has 0 heterocycles. The van der Waals surface area contributed by atoms with E-state index in [9.17, 15) is 18.4 Å². The summed E-state index contributed by atoms with van der Waals surface area (Å²) in [5, 5.41) is 8.95. The second kappa shape index (κ2) is 7.35. The molecule has 124 valence electrons. The molecule has 0 aliphatic carbocycles. The van der Waals surface area contributed by atoms with Crippen molar-refractivity contribution in [1.29, 1.82) is 0 Å². The summed E-state index contributed by atoms with van der Waals surface area (Å²) in [6.45, 7) is 1.37.